The monoisotopic (exact) mass is 248 g/mol. The van der Waals surface area contributed by atoms with E-state index < -0.39 is 6.10 Å². The summed E-state index contributed by atoms with van der Waals surface area (Å²) < 4.78 is 11.4. The van der Waals surface area contributed by atoms with Gasteiger partial charge in [-0.2, -0.15) is 0 Å². The molecule has 0 aliphatic carbocycles. The Labute approximate surface area is 106 Å². The third-order valence-electron chi connectivity index (χ3n) is 3.35. The first-order valence-corrected chi connectivity index (χ1v) is 6.13. The second kappa shape index (κ2) is 4.59. The number of carbonyl (C=O) groups is 1. The summed E-state index contributed by atoms with van der Waals surface area (Å²) in [7, 11) is 1.77. The Morgan fingerprint density at radius 2 is 2.22 bits per heavy atom. The molecule has 2 heterocycles. The van der Waals surface area contributed by atoms with Gasteiger partial charge in [-0.1, -0.05) is 12.1 Å². The minimum Gasteiger partial charge on any atom is -0.476 e. The predicted octanol–water partition coefficient (Wildman–Crippen LogP) is 0.399. The van der Waals surface area contributed by atoms with Crippen LogP contribution in [-0.4, -0.2) is 44.9 Å². The van der Waals surface area contributed by atoms with Gasteiger partial charge in [-0.15, -0.1) is 0 Å². The van der Waals surface area contributed by atoms with Gasteiger partial charge in [-0.05, 0) is 12.1 Å². The van der Waals surface area contributed by atoms with Crippen LogP contribution in [0.4, 0.5) is 5.69 Å². The number of carbonyl (C=O) groups excluding carboxylic acids is 1. The molecule has 3 rings (SSSR count). The van der Waals surface area contributed by atoms with Gasteiger partial charge in [0.2, 0.25) is 6.10 Å². The van der Waals surface area contributed by atoms with E-state index in [-0.39, 0.29) is 12.0 Å². The fourth-order valence-electron chi connectivity index (χ4n) is 2.35. The van der Waals surface area contributed by atoms with Gasteiger partial charge in [0.05, 0.1) is 12.3 Å². The molecule has 2 aliphatic rings. The first-order chi connectivity index (χ1) is 8.77. The van der Waals surface area contributed by atoms with Crippen LogP contribution in [0.15, 0.2) is 24.3 Å². The summed E-state index contributed by atoms with van der Waals surface area (Å²) in [6, 6.07) is 7.55. The van der Waals surface area contributed by atoms with Crippen LogP contribution in [0.2, 0.25) is 0 Å². The number of para-hydroxylation sites is 2. The average Bonchev–Trinajstić information content (AvgIpc) is 2.44. The third-order valence-corrected chi connectivity index (χ3v) is 3.35. The fraction of sp³-hybridized carbons (Fsp3) is 0.462. The predicted molar refractivity (Wildman–Crippen MR) is 66.9 cm³/mol. The summed E-state index contributed by atoms with van der Waals surface area (Å²) in [5.41, 5.74) is 0.808. The molecule has 18 heavy (non-hydrogen) atoms. The van der Waals surface area contributed by atoms with Crippen LogP contribution in [0.25, 0.3) is 0 Å². The highest BCUT2D eigenvalue weighted by Gasteiger charge is 2.39. The number of fused-ring (bicyclic) bond motifs is 1. The Hall–Kier alpha value is -1.59. The highest BCUT2D eigenvalue weighted by Crippen LogP contribution is 2.33. The highest BCUT2D eigenvalue weighted by atomic mass is 16.5. The maximum Gasteiger partial charge on any atom is 0.270 e. The lowest BCUT2D eigenvalue weighted by molar-refractivity contribution is -0.135. The number of hydrogen-bond acceptors (Lipinski definition) is 4. The SMILES string of the molecule is CN1C(=O)C(C2CNCCO2)Oc2ccccc21. The largest absolute Gasteiger partial charge is 0.476 e. The molecule has 2 unspecified atom stereocenters. The molecular formula is C13H16N2O3. The summed E-state index contributed by atoms with van der Waals surface area (Å²) in [4.78, 5) is 13.9. The topological polar surface area (TPSA) is 50.8 Å². The van der Waals surface area contributed by atoms with Crippen LogP contribution in [-0.2, 0) is 9.53 Å². The number of rotatable bonds is 1. The molecule has 96 valence electrons. The first kappa shape index (κ1) is 11.5. The number of nitrogens with zero attached hydrogens (tertiary/aromatic N) is 1. The van der Waals surface area contributed by atoms with Crippen molar-refractivity contribution in [3.63, 3.8) is 0 Å². The molecule has 1 saturated heterocycles. The Morgan fingerprint density at radius 1 is 1.39 bits per heavy atom. The van der Waals surface area contributed by atoms with Crippen molar-refractivity contribution in [3.8, 4) is 5.75 Å². The van der Waals surface area contributed by atoms with E-state index in [2.05, 4.69) is 5.32 Å². The van der Waals surface area contributed by atoms with Gasteiger partial charge in [0.1, 0.15) is 11.9 Å². The van der Waals surface area contributed by atoms with Crippen molar-refractivity contribution in [2.75, 3.05) is 31.6 Å². The van der Waals surface area contributed by atoms with Crippen molar-refractivity contribution in [1.29, 1.82) is 0 Å². The summed E-state index contributed by atoms with van der Waals surface area (Å²) in [5, 5.41) is 3.22. The molecule has 1 N–H and O–H groups in total. The number of likely N-dealkylation sites (N-methyl/N-ethyl adjacent to an activating group) is 1. The molecule has 5 nitrogen and oxygen atoms in total. The van der Waals surface area contributed by atoms with Crippen molar-refractivity contribution >= 4 is 11.6 Å². The highest BCUT2D eigenvalue weighted by molar-refractivity contribution is 5.99. The molecule has 0 saturated carbocycles. The van der Waals surface area contributed by atoms with Crippen LogP contribution in [0.5, 0.6) is 5.75 Å². The van der Waals surface area contributed by atoms with Crippen molar-refractivity contribution in [3.05, 3.63) is 24.3 Å². The lowest BCUT2D eigenvalue weighted by Gasteiger charge is -2.37. The number of amides is 1. The molecule has 0 spiro atoms. The van der Waals surface area contributed by atoms with Crippen LogP contribution in [0, 0.1) is 0 Å². The normalized spacial score (nSPS) is 27.6. The van der Waals surface area contributed by atoms with Crippen molar-refractivity contribution < 1.29 is 14.3 Å². The molecule has 1 aromatic rings. The molecule has 1 amide bonds. The third kappa shape index (κ3) is 1.85. The lowest BCUT2D eigenvalue weighted by atomic mass is 10.1. The molecular weight excluding hydrogens is 232 g/mol. The zero-order valence-electron chi connectivity index (χ0n) is 10.3. The number of hydrogen-bond donors (Lipinski definition) is 1. The van der Waals surface area contributed by atoms with Crippen LogP contribution < -0.4 is 15.0 Å². The minimum atomic E-state index is -0.558. The van der Waals surface area contributed by atoms with Gasteiger partial charge in [0.15, 0.2) is 0 Å². The second-order valence-corrected chi connectivity index (χ2v) is 4.52. The van der Waals surface area contributed by atoms with Gasteiger partial charge in [0, 0.05) is 20.1 Å². The van der Waals surface area contributed by atoms with Crippen molar-refractivity contribution in [1.82, 2.24) is 5.32 Å². The smallest absolute Gasteiger partial charge is 0.270 e. The van der Waals surface area contributed by atoms with E-state index >= 15 is 0 Å². The molecule has 1 fully saturated rings. The Balaban J connectivity index is 1.88. The standard InChI is InChI=1S/C13H16N2O3/c1-15-9-4-2-3-5-10(9)18-12(13(15)16)11-8-14-6-7-17-11/h2-5,11-12,14H,6-8H2,1H3. The van der Waals surface area contributed by atoms with Crippen LogP contribution in [0.1, 0.15) is 0 Å². The molecule has 0 aromatic heterocycles. The molecule has 5 heteroatoms. The quantitative estimate of drug-likeness (QED) is 0.781. The number of nitrogens with one attached hydrogen (secondary N) is 1. The molecule has 1 aromatic carbocycles. The van der Waals surface area contributed by atoms with Gasteiger partial charge < -0.3 is 19.7 Å². The van der Waals surface area contributed by atoms with E-state index in [0.717, 1.165) is 18.0 Å². The van der Waals surface area contributed by atoms with Crippen molar-refractivity contribution in [2.45, 2.75) is 12.2 Å². The Kier molecular flexibility index (Phi) is 2.93. The zero-order chi connectivity index (χ0) is 12.5. The Morgan fingerprint density at radius 3 is 3.00 bits per heavy atom. The Bertz CT molecular complexity index is 457. The molecule has 2 aliphatic heterocycles. The van der Waals surface area contributed by atoms with Gasteiger partial charge >= 0.3 is 0 Å². The number of ether oxygens (including phenoxy) is 2. The maximum atomic E-state index is 12.3. The minimum absolute atomic E-state index is 0.0533. The van der Waals surface area contributed by atoms with Crippen LogP contribution >= 0.6 is 0 Å². The number of anilines is 1. The van der Waals surface area contributed by atoms with E-state index in [0.29, 0.717) is 13.2 Å². The first-order valence-electron chi connectivity index (χ1n) is 6.13. The average molecular weight is 248 g/mol. The number of morpholine rings is 1. The lowest BCUT2D eigenvalue weighted by Crippen LogP contribution is -2.56. The summed E-state index contributed by atoms with van der Waals surface area (Å²) >= 11 is 0. The zero-order valence-corrected chi connectivity index (χ0v) is 10.3. The molecule has 2 atom stereocenters. The van der Waals surface area contributed by atoms with E-state index in [9.17, 15) is 4.79 Å². The second-order valence-electron chi connectivity index (χ2n) is 4.52. The van der Waals surface area contributed by atoms with Gasteiger partial charge in [-0.3, -0.25) is 4.79 Å². The summed E-state index contributed by atoms with van der Waals surface area (Å²) in [6.07, 6.45) is -0.778. The van der Waals surface area contributed by atoms with Crippen molar-refractivity contribution in [2.24, 2.45) is 0 Å². The summed E-state index contributed by atoms with van der Waals surface area (Å²) in [5.74, 6) is 0.682. The van der Waals surface area contributed by atoms with E-state index in [4.69, 9.17) is 9.47 Å². The van der Waals surface area contributed by atoms with E-state index in [1.807, 2.05) is 24.3 Å². The fourth-order valence-corrected chi connectivity index (χ4v) is 2.35. The molecule has 0 radical (unpaired) electrons. The number of benzene rings is 1. The maximum absolute atomic E-state index is 12.3. The van der Waals surface area contributed by atoms with Crippen LogP contribution in [0.3, 0.4) is 0 Å². The van der Waals surface area contributed by atoms with E-state index in [1.165, 1.54) is 0 Å². The van der Waals surface area contributed by atoms with Gasteiger partial charge in [-0.25, -0.2) is 0 Å². The summed E-state index contributed by atoms with van der Waals surface area (Å²) in [6.45, 7) is 2.08. The van der Waals surface area contributed by atoms with E-state index in [1.54, 1.807) is 11.9 Å². The van der Waals surface area contributed by atoms with Gasteiger partial charge in [0.25, 0.3) is 5.91 Å². The molecule has 0 bridgehead atoms.